The molecule has 2 aromatic heterocycles. The number of benzene rings is 1. The van der Waals surface area contributed by atoms with Crippen LogP contribution in [-0.4, -0.2) is 40.9 Å². The molecule has 0 spiro atoms. The van der Waals surface area contributed by atoms with Crippen LogP contribution in [0.25, 0.3) is 5.95 Å². The van der Waals surface area contributed by atoms with Gasteiger partial charge in [-0.3, -0.25) is 10.1 Å². The van der Waals surface area contributed by atoms with E-state index in [4.69, 9.17) is 11.6 Å². The number of nitrogens with zero attached hydrogens (tertiary/aromatic N) is 7. The molecule has 0 radical (unpaired) electrons. The van der Waals surface area contributed by atoms with Gasteiger partial charge in [-0.2, -0.15) is 14.9 Å². The van der Waals surface area contributed by atoms with E-state index < -0.39 is 16.4 Å². The lowest BCUT2D eigenvalue weighted by Crippen LogP contribution is -2.06. The molecule has 0 amide bonds. The third-order valence-electron chi connectivity index (χ3n) is 3.31. The number of hydrogen-bond donors (Lipinski definition) is 1. The Hall–Kier alpha value is -3.27. The summed E-state index contributed by atoms with van der Waals surface area (Å²) >= 11 is 5.85. The predicted octanol–water partition coefficient (Wildman–Crippen LogP) is 2.23. The largest absolute Gasteiger partial charge is 0.502 e. The molecule has 2 heterocycles. The minimum Gasteiger partial charge on any atom is -0.502 e. The first-order valence-electron chi connectivity index (χ1n) is 7.01. The lowest BCUT2D eigenvalue weighted by Gasteiger charge is -2.03. The highest BCUT2D eigenvalue weighted by Crippen LogP contribution is 2.32. The van der Waals surface area contributed by atoms with Crippen molar-refractivity contribution in [3.8, 4) is 11.7 Å². The van der Waals surface area contributed by atoms with E-state index in [1.807, 2.05) is 19.9 Å². The number of nitro groups is 1. The molecule has 0 unspecified atom stereocenters. The average Bonchev–Trinajstić information content (AvgIpc) is 3.13. The third kappa shape index (κ3) is 3.19. The molecule has 0 aliphatic rings. The molecule has 0 aliphatic carbocycles. The zero-order valence-electron chi connectivity index (χ0n) is 13.2. The molecule has 0 aliphatic heterocycles. The molecule has 1 N–H and O–H groups in total. The molecular weight excluding hydrogens is 350 g/mol. The maximum atomic E-state index is 10.9. The summed E-state index contributed by atoms with van der Waals surface area (Å²) in [5, 5.41) is 37.2. The molecule has 0 saturated carbocycles. The molecule has 0 fully saturated rings. The van der Waals surface area contributed by atoms with Crippen molar-refractivity contribution >= 4 is 23.5 Å². The highest BCUT2D eigenvalue weighted by Gasteiger charge is 2.18. The van der Waals surface area contributed by atoms with Gasteiger partial charge in [0.1, 0.15) is 6.33 Å². The Bertz CT molecular complexity index is 992. The van der Waals surface area contributed by atoms with Gasteiger partial charge in [0.05, 0.1) is 16.8 Å². The summed E-state index contributed by atoms with van der Waals surface area (Å²) in [5.41, 5.74) is 1.23. The van der Waals surface area contributed by atoms with Gasteiger partial charge in [-0.25, -0.2) is 4.68 Å². The monoisotopic (exact) mass is 361 g/mol. The molecular formula is C14H12ClN7O3. The van der Waals surface area contributed by atoms with Crippen molar-refractivity contribution in [2.24, 2.45) is 5.10 Å². The number of rotatable bonds is 4. The van der Waals surface area contributed by atoms with Gasteiger partial charge in [0.2, 0.25) is 5.75 Å². The quantitative estimate of drug-likeness (QED) is 0.431. The van der Waals surface area contributed by atoms with Gasteiger partial charge >= 0.3 is 5.69 Å². The van der Waals surface area contributed by atoms with Gasteiger partial charge in [-0.05, 0) is 26.0 Å². The van der Waals surface area contributed by atoms with Gasteiger partial charge in [0, 0.05) is 22.3 Å². The Labute approximate surface area is 146 Å². The van der Waals surface area contributed by atoms with Crippen LogP contribution in [0.1, 0.15) is 17.0 Å². The SMILES string of the molecule is Cc1cc(C)n(-c2nncn2/N=C\c2cc(Cl)cc([N+](=O)[O-])c2O)n1. The summed E-state index contributed by atoms with van der Waals surface area (Å²) < 4.78 is 2.88. The number of nitro benzene ring substituents is 1. The lowest BCUT2D eigenvalue weighted by atomic mass is 10.2. The van der Waals surface area contributed by atoms with Crippen LogP contribution in [0.5, 0.6) is 5.75 Å². The van der Waals surface area contributed by atoms with Crippen molar-refractivity contribution in [1.82, 2.24) is 24.7 Å². The number of halogens is 1. The minimum absolute atomic E-state index is 0.0900. The van der Waals surface area contributed by atoms with E-state index in [1.54, 1.807) is 4.68 Å². The van der Waals surface area contributed by atoms with Crippen LogP contribution in [0.3, 0.4) is 0 Å². The molecule has 0 bridgehead atoms. The Morgan fingerprint density at radius 2 is 2.12 bits per heavy atom. The third-order valence-corrected chi connectivity index (χ3v) is 3.53. The van der Waals surface area contributed by atoms with Crippen LogP contribution in [0.4, 0.5) is 5.69 Å². The standard InChI is InChI=1S/C14H12ClN7O3/c1-8-3-9(2)21(19-8)14-18-16-7-20(14)17-6-10-4-11(15)5-12(13(10)23)22(24)25/h3-7,23H,1-2H3/b17-6-. The van der Waals surface area contributed by atoms with Crippen LogP contribution in [0, 0.1) is 24.0 Å². The number of aromatic hydroxyl groups is 1. The van der Waals surface area contributed by atoms with E-state index in [-0.39, 0.29) is 10.6 Å². The highest BCUT2D eigenvalue weighted by molar-refractivity contribution is 6.31. The second-order valence-electron chi connectivity index (χ2n) is 5.18. The first-order valence-corrected chi connectivity index (χ1v) is 7.39. The fourth-order valence-corrected chi connectivity index (χ4v) is 2.46. The number of aryl methyl sites for hydroxylation is 2. The van der Waals surface area contributed by atoms with E-state index in [0.717, 1.165) is 17.5 Å². The van der Waals surface area contributed by atoms with Crippen LogP contribution in [0.15, 0.2) is 29.6 Å². The molecule has 0 atom stereocenters. The van der Waals surface area contributed by atoms with E-state index >= 15 is 0 Å². The van der Waals surface area contributed by atoms with Crippen molar-refractivity contribution in [2.45, 2.75) is 13.8 Å². The Balaban J connectivity index is 2.01. The molecule has 1 aromatic carbocycles. The fourth-order valence-electron chi connectivity index (χ4n) is 2.24. The first kappa shape index (κ1) is 16.6. The number of aromatic nitrogens is 5. The summed E-state index contributed by atoms with van der Waals surface area (Å²) in [6, 6.07) is 4.30. The zero-order chi connectivity index (χ0) is 18.1. The summed E-state index contributed by atoms with van der Waals surface area (Å²) in [5.74, 6) is -0.197. The Morgan fingerprint density at radius 3 is 2.76 bits per heavy atom. The second kappa shape index (κ2) is 6.32. The molecule has 128 valence electrons. The summed E-state index contributed by atoms with van der Waals surface area (Å²) in [7, 11) is 0. The van der Waals surface area contributed by atoms with Crippen LogP contribution < -0.4 is 0 Å². The Kier molecular flexibility index (Phi) is 4.19. The average molecular weight is 362 g/mol. The van der Waals surface area contributed by atoms with Crippen molar-refractivity contribution in [3.05, 3.63) is 56.6 Å². The summed E-state index contributed by atoms with van der Waals surface area (Å²) in [6.07, 6.45) is 2.57. The van der Waals surface area contributed by atoms with Crippen molar-refractivity contribution in [3.63, 3.8) is 0 Å². The fraction of sp³-hybridized carbons (Fsp3) is 0.143. The van der Waals surface area contributed by atoms with Gasteiger partial charge in [-0.1, -0.05) is 11.6 Å². The topological polar surface area (TPSA) is 124 Å². The molecule has 3 aromatic rings. The van der Waals surface area contributed by atoms with Gasteiger partial charge < -0.3 is 5.11 Å². The lowest BCUT2D eigenvalue weighted by molar-refractivity contribution is -0.385. The van der Waals surface area contributed by atoms with E-state index in [2.05, 4.69) is 20.4 Å². The predicted molar refractivity (Wildman–Crippen MR) is 89.4 cm³/mol. The van der Waals surface area contributed by atoms with E-state index in [0.29, 0.717) is 5.95 Å². The second-order valence-corrected chi connectivity index (χ2v) is 5.62. The Morgan fingerprint density at radius 1 is 1.36 bits per heavy atom. The van der Waals surface area contributed by atoms with E-state index in [9.17, 15) is 15.2 Å². The number of hydrogen-bond acceptors (Lipinski definition) is 7. The number of phenolic OH excluding ortho intramolecular Hbond substituents is 1. The summed E-state index contributed by atoms with van der Waals surface area (Å²) in [6.45, 7) is 3.70. The van der Waals surface area contributed by atoms with Crippen molar-refractivity contribution in [2.75, 3.05) is 0 Å². The smallest absolute Gasteiger partial charge is 0.312 e. The highest BCUT2D eigenvalue weighted by atomic mass is 35.5. The van der Waals surface area contributed by atoms with E-state index in [1.165, 1.54) is 23.3 Å². The first-order chi connectivity index (χ1) is 11.9. The molecule has 10 nitrogen and oxygen atoms in total. The van der Waals surface area contributed by atoms with Gasteiger partial charge in [0.15, 0.2) is 0 Å². The molecule has 0 saturated heterocycles. The van der Waals surface area contributed by atoms with Crippen molar-refractivity contribution < 1.29 is 10.0 Å². The normalized spacial score (nSPS) is 11.3. The maximum Gasteiger partial charge on any atom is 0.312 e. The zero-order valence-corrected chi connectivity index (χ0v) is 13.9. The number of phenols is 1. The van der Waals surface area contributed by atoms with Crippen LogP contribution in [-0.2, 0) is 0 Å². The van der Waals surface area contributed by atoms with Gasteiger partial charge in [0.25, 0.3) is 5.95 Å². The van der Waals surface area contributed by atoms with Gasteiger partial charge in [-0.15, -0.1) is 10.2 Å². The van der Waals surface area contributed by atoms with Crippen molar-refractivity contribution in [1.29, 1.82) is 0 Å². The summed E-state index contributed by atoms with van der Waals surface area (Å²) in [4.78, 5) is 10.2. The molecule has 3 rings (SSSR count). The van der Waals surface area contributed by atoms with Crippen LogP contribution in [0.2, 0.25) is 5.02 Å². The molecule has 25 heavy (non-hydrogen) atoms. The molecule has 11 heteroatoms. The minimum atomic E-state index is -0.724. The van der Waals surface area contributed by atoms with Crippen LogP contribution >= 0.6 is 11.6 Å². The maximum absolute atomic E-state index is 10.9.